The fourth-order valence-electron chi connectivity index (χ4n) is 2.84. The first-order valence-electron chi connectivity index (χ1n) is 10.0. The zero-order chi connectivity index (χ0) is 23.6. The van der Waals surface area contributed by atoms with Crippen LogP contribution in [0.2, 0.25) is 0 Å². The third-order valence-electron chi connectivity index (χ3n) is 4.43. The molecule has 0 bridgehead atoms. The lowest BCUT2D eigenvalue weighted by molar-refractivity contribution is -0.129. The molecule has 3 aromatic rings. The maximum Gasteiger partial charge on any atom is 0.335 e. The summed E-state index contributed by atoms with van der Waals surface area (Å²) in [5, 5.41) is 0. The normalized spacial score (nSPS) is 10.8. The van der Waals surface area contributed by atoms with Gasteiger partial charge >= 0.3 is 11.9 Å². The fourth-order valence-corrected chi connectivity index (χ4v) is 2.84. The highest BCUT2D eigenvalue weighted by Crippen LogP contribution is 2.20. The maximum absolute atomic E-state index is 14.6. The number of halogens is 1. The van der Waals surface area contributed by atoms with Gasteiger partial charge in [-0.3, -0.25) is 0 Å². The van der Waals surface area contributed by atoms with Crippen molar-refractivity contribution in [2.45, 2.75) is 0 Å². The number of ether oxygens (including phenoxy) is 2. The van der Waals surface area contributed by atoms with Crippen molar-refractivity contribution < 1.29 is 23.5 Å². The number of rotatable bonds is 8. The van der Waals surface area contributed by atoms with Gasteiger partial charge < -0.3 is 9.47 Å². The predicted octanol–water partition coefficient (Wildman–Crippen LogP) is 6.35. The predicted molar refractivity (Wildman–Crippen MR) is 129 cm³/mol. The molecule has 0 fully saturated rings. The standard InChI is InChI=1S/C28H21FO4/c1-3-27(30)32-24-9-5-7-20(17-24)11-12-22-14-16-23(26(29)19-22)15-13-21-8-6-10-25(18-21)33-28(31)4-2/h3-19H,1-2H2. The maximum atomic E-state index is 14.6. The van der Waals surface area contributed by atoms with Crippen LogP contribution in [0.15, 0.2) is 92.0 Å². The van der Waals surface area contributed by atoms with E-state index in [1.165, 1.54) is 6.07 Å². The molecule has 0 aliphatic rings. The van der Waals surface area contributed by atoms with Gasteiger partial charge in [0, 0.05) is 17.7 Å². The molecule has 0 saturated heterocycles. The second-order valence-corrected chi connectivity index (χ2v) is 6.84. The monoisotopic (exact) mass is 440 g/mol. The van der Waals surface area contributed by atoms with Gasteiger partial charge in [0.1, 0.15) is 17.3 Å². The van der Waals surface area contributed by atoms with Crippen molar-refractivity contribution in [2.75, 3.05) is 0 Å². The van der Waals surface area contributed by atoms with Gasteiger partial charge in [0.15, 0.2) is 0 Å². The van der Waals surface area contributed by atoms with Crippen LogP contribution in [-0.4, -0.2) is 11.9 Å². The summed E-state index contributed by atoms with van der Waals surface area (Å²) in [6, 6.07) is 18.7. The van der Waals surface area contributed by atoms with E-state index in [1.807, 2.05) is 12.1 Å². The third-order valence-corrected chi connectivity index (χ3v) is 4.43. The van der Waals surface area contributed by atoms with Crippen molar-refractivity contribution in [3.8, 4) is 11.5 Å². The van der Waals surface area contributed by atoms with Crippen LogP contribution in [0.3, 0.4) is 0 Å². The molecule has 0 aliphatic heterocycles. The number of carbonyl (C=O) groups is 2. The molecule has 0 atom stereocenters. The molecule has 3 rings (SSSR count). The summed E-state index contributed by atoms with van der Waals surface area (Å²) in [6.07, 6.45) is 9.12. The number of esters is 2. The van der Waals surface area contributed by atoms with E-state index in [-0.39, 0.29) is 5.82 Å². The summed E-state index contributed by atoms with van der Waals surface area (Å²) in [5.41, 5.74) is 2.64. The zero-order valence-corrected chi connectivity index (χ0v) is 17.7. The van der Waals surface area contributed by atoms with Crippen molar-refractivity contribution >= 4 is 36.2 Å². The van der Waals surface area contributed by atoms with Gasteiger partial charge in [-0.1, -0.05) is 73.9 Å². The van der Waals surface area contributed by atoms with E-state index in [9.17, 15) is 14.0 Å². The first-order chi connectivity index (χ1) is 16.0. The highest BCUT2D eigenvalue weighted by Gasteiger charge is 2.03. The molecule has 0 saturated carbocycles. The fraction of sp³-hybridized carbons (Fsp3) is 0. The summed E-state index contributed by atoms with van der Waals surface area (Å²) < 4.78 is 24.8. The van der Waals surface area contributed by atoms with E-state index in [1.54, 1.807) is 72.8 Å². The lowest BCUT2D eigenvalue weighted by atomic mass is 10.1. The molecule has 0 unspecified atom stereocenters. The van der Waals surface area contributed by atoms with E-state index in [2.05, 4.69) is 13.2 Å². The number of benzene rings is 3. The van der Waals surface area contributed by atoms with Crippen LogP contribution >= 0.6 is 0 Å². The summed E-state index contributed by atoms with van der Waals surface area (Å²) in [4.78, 5) is 22.7. The number of hydrogen-bond donors (Lipinski definition) is 0. The molecule has 5 heteroatoms. The Kier molecular flexibility index (Phi) is 7.86. The molecule has 0 radical (unpaired) electrons. The number of carbonyl (C=O) groups excluding carboxylic acids is 2. The van der Waals surface area contributed by atoms with E-state index >= 15 is 0 Å². The average Bonchev–Trinajstić information content (AvgIpc) is 2.82. The molecule has 33 heavy (non-hydrogen) atoms. The molecule has 164 valence electrons. The Bertz CT molecular complexity index is 1250. The highest BCUT2D eigenvalue weighted by atomic mass is 19.1. The summed E-state index contributed by atoms with van der Waals surface area (Å²) in [7, 11) is 0. The number of hydrogen-bond acceptors (Lipinski definition) is 4. The van der Waals surface area contributed by atoms with E-state index in [4.69, 9.17) is 9.47 Å². The van der Waals surface area contributed by atoms with Crippen molar-refractivity contribution in [3.63, 3.8) is 0 Å². The average molecular weight is 440 g/mol. The van der Waals surface area contributed by atoms with Crippen LogP contribution in [0, 0.1) is 5.82 Å². The second-order valence-electron chi connectivity index (χ2n) is 6.84. The summed E-state index contributed by atoms with van der Waals surface area (Å²) in [6.45, 7) is 6.73. The van der Waals surface area contributed by atoms with Gasteiger partial charge in [-0.25, -0.2) is 14.0 Å². The Morgan fingerprint density at radius 1 is 0.667 bits per heavy atom. The Labute approximate surface area is 191 Å². The van der Waals surface area contributed by atoms with Crippen LogP contribution in [0.4, 0.5) is 4.39 Å². The highest BCUT2D eigenvalue weighted by molar-refractivity contribution is 5.84. The van der Waals surface area contributed by atoms with Crippen LogP contribution in [0.1, 0.15) is 22.3 Å². The van der Waals surface area contributed by atoms with Crippen LogP contribution in [-0.2, 0) is 9.59 Å². The van der Waals surface area contributed by atoms with Gasteiger partial charge in [-0.05, 0) is 47.0 Å². The van der Waals surface area contributed by atoms with Crippen molar-refractivity contribution in [1.29, 1.82) is 0 Å². The van der Waals surface area contributed by atoms with Crippen LogP contribution in [0.5, 0.6) is 11.5 Å². The molecule has 0 amide bonds. The van der Waals surface area contributed by atoms with Crippen molar-refractivity contribution in [1.82, 2.24) is 0 Å². The SMILES string of the molecule is C=CC(=O)Oc1cccc(C=Cc2ccc(C=Cc3cccc(OC(=O)C=C)c3)c(F)c2)c1. The van der Waals surface area contributed by atoms with E-state index in [0.717, 1.165) is 23.3 Å². The summed E-state index contributed by atoms with van der Waals surface area (Å²) >= 11 is 0. The van der Waals surface area contributed by atoms with Gasteiger partial charge in [-0.2, -0.15) is 0 Å². The molecule has 0 aliphatic carbocycles. The lowest BCUT2D eigenvalue weighted by Crippen LogP contribution is -2.02. The zero-order valence-electron chi connectivity index (χ0n) is 17.7. The topological polar surface area (TPSA) is 52.6 Å². The first-order valence-corrected chi connectivity index (χ1v) is 10.0. The Morgan fingerprint density at radius 2 is 1.15 bits per heavy atom. The van der Waals surface area contributed by atoms with Gasteiger partial charge in [-0.15, -0.1) is 0 Å². The van der Waals surface area contributed by atoms with Gasteiger partial charge in [0.05, 0.1) is 0 Å². The van der Waals surface area contributed by atoms with Crippen molar-refractivity contribution in [2.24, 2.45) is 0 Å². The van der Waals surface area contributed by atoms with E-state index < -0.39 is 11.9 Å². The quantitative estimate of drug-likeness (QED) is 0.177. The first kappa shape index (κ1) is 23.2. The van der Waals surface area contributed by atoms with Gasteiger partial charge in [0.2, 0.25) is 0 Å². The Hall–Kier alpha value is -4.51. The minimum atomic E-state index is -0.546. The Balaban J connectivity index is 1.70. The lowest BCUT2D eigenvalue weighted by Gasteiger charge is -2.03. The van der Waals surface area contributed by atoms with Crippen LogP contribution < -0.4 is 9.47 Å². The van der Waals surface area contributed by atoms with Gasteiger partial charge in [0.25, 0.3) is 0 Å². The molecule has 0 N–H and O–H groups in total. The smallest absolute Gasteiger partial charge is 0.335 e. The third kappa shape index (κ3) is 7.01. The second kappa shape index (κ2) is 11.2. The molecular weight excluding hydrogens is 419 g/mol. The van der Waals surface area contributed by atoms with Crippen molar-refractivity contribution in [3.05, 3.63) is 120 Å². The summed E-state index contributed by atoms with van der Waals surface area (Å²) in [5.74, 6) is -0.679. The largest absolute Gasteiger partial charge is 0.423 e. The minimum Gasteiger partial charge on any atom is -0.423 e. The molecular formula is C28H21FO4. The molecule has 0 heterocycles. The molecule has 3 aromatic carbocycles. The molecule has 4 nitrogen and oxygen atoms in total. The van der Waals surface area contributed by atoms with E-state index in [0.29, 0.717) is 22.6 Å². The molecule has 0 aromatic heterocycles. The molecule has 0 spiro atoms. The van der Waals surface area contributed by atoms with Crippen LogP contribution in [0.25, 0.3) is 24.3 Å². The Morgan fingerprint density at radius 3 is 1.64 bits per heavy atom. The minimum absolute atomic E-state index is 0.378.